The highest BCUT2D eigenvalue weighted by molar-refractivity contribution is 7.26. The lowest BCUT2D eigenvalue weighted by molar-refractivity contribution is 0.768. The van der Waals surface area contributed by atoms with Crippen LogP contribution in [0.5, 0.6) is 0 Å². The van der Waals surface area contributed by atoms with Gasteiger partial charge in [0, 0.05) is 36.9 Å². The van der Waals surface area contributed by atoms with Gasteiger partial charge in [0.1, 0.15) is 0 Å². The third-order valence-corrected chi connectivity index (χ3v) is 12.2. The zero-order valence-electron chi connectivity index (χ0n) is 34.9. The average Bonchev–Trinajstić information content (AvgIpc) is 3.85. The van der Waals surface area contributed by atoms with Crippen LogP contribution in [0, 0.1) is 0 Å². The van der Waals surface area contributed by atoms with Gasteiger partial charge in [0.2, 0.25) is 0 Å². The molecule has 0 bridgehead atoms. The molecule has 0 N–H and O–H groups in total. The molecule has 8 aromatic carbocycles. The molecule has 1 aliphatic rings. The van der Waals surface area contributed by atoms with Crippen LogP contribution in [0.25, 0.3) is 76.6 Å². The van der Waals surface area contributed by atoms with Gasteiger partial charge in [0.15, 0.2) is 17.5 Å². The van der Waals surface area contributed by atoms with Gasteiger partial charge < -0.3 is 0 Å². The molecule has 262 valence electrons. The fourth-order valence-corrected chi connectivity index (χ4v) is 9.79. The van der Waals surface area contributed by atoms with Crippen molar-refractivity contribution in [1.82, 2.24) is 15.0 Å². The molecule has 2 aromatic heterocycles. The Hall–Kier alpha value is -7.01. The van der Waals surface area contributed by atoms with Gasteiger partial charge in [-0.2, -0.15) is 0 Å². The molecule has 0 radical (unpaired) electrons. The van der Waals surface area contributed by atoms with Crippen molar-refractivity contribution in [2.75, 3.05) is 0 Å². The number of aromatic nitrogens is 3. The van der Waals surface area contributed by atoms with E-state index in [9.17, 15) is 0 Å². The number of hydrogen-bond donors (Lipinski definition) is 0. The monoisotopic (exact) mass is 736 g/mol. The van der Waals surface area contributed by atoms with E-state index in [-0.39, 0.29) is 23.5 Å². The molecule has 0 atom stereocenters. The smallest absolute Gasteiger partial charge is 0.164 e. The Labute approximate surface area is 336 Å². The minimum absolute atomic E-state index is 0.00242. The largest absolute Gasteiger partial charge is 0.208 e. The van der Waals surface area contributed by atoms with Crippen LogP contribution >= 0.6 is 11.3 Å². The van der Waals surface area contributed by atoms with Crippen LogP contribution in [-0.2, 0) is 5.41 Å². The molecule has 0 spiro atoms. The molecule has 0 fully saturated rings. The van der Waals surface area contributed by atoms with Crippen molar-refractivity contribution in [1.29, 1.82) is 0 Å². The van der Waals surface area contributed by atoms with Gasteiger partial charge in [0.25, 0.3) is 0 Å². The number of fused-ring (bicyclic) bond motifs is 6. The van der Waals surface area contributed by atoms with Crippen molar-refractivity contribution in [2.45, 2.75) is 5.41 Å². The molecule has 1 aliphatic carbocycles. The second-order valence-corrected chi connectivity index (χ2v) is 15.0. The molecule has 0 aliphatic heterocycles. The van der Waals surface area contributed by atoms with E-state index in [1.54, 1.807) is 11.3 Å². The molecule has 11 rings (SSSR count). The predicted molar refractivity (Wildman–Crippen MR) is 232 cm³/mol. The number of benzene rings is 8. The third-order valence-electron chi connectivity index (χ3n) is 10.9. The van der Waals surface area contributed by atoms with E-state index >= 15 is 0 Å². The van der Waals surface area contributed by atoms with Crippen molar-refractivity contribution >= 4 is 31.5 Å². The zero-order valence-corrected chi connectivity index (χ0v) is 30.7. The minimum Gasteiger partial charge on any atom is -0.208 e. The molecule has 10 aromatic rings. The summed E-state index contributed by atoms with van der Waals surface area (Å²) in [6.07, 6.45) is 0. The lowest BCUT2D eigenvalue weighted by Crippen LogP contribution is -2.28. The topological polar surface area (TPSA) is 38.7 Å². The second kappa shape index (κ2) is 13.1. The molecule has 0 saturated heterocycles. The van der Waals surface area contributed by atoms with Crippen LogP contribution < -0.4 is 0 Å². The summed E-state index contributed by atoms with van der Waals surface area (Å²) in [4.78, 5) is 15.1. The van der Waals surface area contributed by atoms with E-state index in [0.717, 1.165) is 50.1 Å². The van der Waals surface area contributed by atoms with E-state index in [2.05, 4.69) is 127 Å². The summed E-state index contributed by atoms with van der Waals surface area (Å²) < 4.78 is 45.7. The maximum Gasteiger partial charge on any atom is 0.164 e. The summed E-state index contributed by atoms with van der Waals surface area (Å²) in [5.74, 6) is 0.645. The standard InChI is InChI=1S/C52H33N3S/c1-4-16-35(17-5-1)49-53-50(36-32-30-34(31-33-36)39-24-14-25-41-40-22-11-13-29-46(40)56-48(39)41)55-51(54-49)43-26-15-28-45-47(43)42-23-10-12-27-44(42)52(45,37-18-6-2-7-19-37)38-20-8-3-9-21-38/h1-33H/i1D,4D,5D,16D,17D. The first-order valence-electron chi connectivity index (χ1n) is 21.0. The summed E-state index contributed by atoms with van der Waals surface area (Å²) >= 11 is 1.78. The average molecular weight is 737 g/mol. The lowest BCUT2D eigenvalue weighted by atomic mass is 9.67. The first kappa shape index (κ1) is 27.6. The van der Waals surface area contributed by atoms with E-state index < -0.39 is 23.5 Å². The molecule has 0 unspecified atom stereocenters. The summed E-state index contributed by atoms with van der Waals surface area (Å²) in [5, 5.41) is 2.45. The number of thiophene rings is 1. The Morgan fingerprint density at radius 1 is 0.411 bits per heavy atom. The van der Waals surface area contributed by atoms with Crippen LogP contribution in [0.4, 0.5) is 0 Å². The fourth-order valence-electron chi connectivity index (χ4n) is 8.55. The summed E-state index contributed by atoms with van der Waals surface area (Å²) in [7, 11) is 0. The SMILES string of the molecule is [2H]c1c([2H])c([2H])c(-c2nc(-c3ccc(-c4cccc5c4sc4ccccc45)cc3)nc(-c3cccc4c3-c3ccccc3C4(c3ccccc3)c3ccccc3)n2)c([2H])c1[2H]. The molecule has 3 nitrogen and oxygen atoms in total. The van der Waals surface area contributed by atoms with Gasteiger partial charge in [-0.05, 0) is 50.6 Å². The van der Waals surface area contributed by atoms with E-state index in [1.165, 1.54) is 20.2 Å². The van der Waals surface area contributed by atoms with Crippen molar-refractivity contribution in [3.05, 3.63) is 222 Å². The highest BCUT2D eigenvalue weighted by Gasteiger charge is 2.47. The fraction of sp³-hybridized carbons (Fsp3) is 0.0192. The van der Waals surface area contributed by atoms with Crippen molar-refractivity contribution in [3.63, 3.8) is 0 Å². The quantitative estimate of drug-likeness (QED) is 0.171. The number of hydrogen-bond acceptors (Lipinski definition) is 4. The van der Waals surface area contributed by atoms with E-state index in [4.69, 9.17) is 21.8 Å². The van der Waals surface area contributed by atoms with Crippen LogP contribution in [0.15, 0.2) is 200 Å². The first-order chi connectivity index (χ1) is 29.8. The van der Waals surface area contributed by atoms with Crippen LogP contribution in [0.3, 0.4) is 0 Å². The molecular formula is C52H33N3S. The Morgan fingerprint density at radius 3 is 1.73 bits per heavy atom. The summed E-state index contributed by atoms with van der Waals surface area (Å²) in [5.41, 5.74) is 9.27. The van der Waals surface area contributed by atoms with Gasteiger partial charge >= 0.3 is 0 Å². The first-order valence-corrected chi connectivity index (χ1v) is 19.4. The van der Waals surface area contributed by atoms with Gasteiger partial charge in [-0.1, -0.05) is 194 Å². The maximum atomic E-state index is 8.94. The van der Waals surface area contributed by atoms with E-state index in [0.29, 0.717) is 17.2 Å². The number of rotatable bonds is 6. The molecule has 56 heavy (non-hydrogen) atoms. The minimum atomic E-state index is -0.664. The molecule has 0 amide bonds. The molecule has 2 heterocycles. The lowest BCUT2D eigenvalue weighted by Gasteiger charge is -2.33. The Morgan fingerprint density at radius 2 is 0.964 bits per heavy atom. The summed E-state index contributed by atoms with van der Waals surface area (Å²) in [6.45, 7) is 0. The molecule has 4 heteroatoms. The van der Waals surface area contributed by atoms with Gasteiger partial charge in [-0.15, -0.1) is 11.3 Å². The second-order valence-electron chi connectivity index (χ2n) is 13.9. The molecule has 0 saturated carbocycles. The van der Waals surface area contributed by atoms with Crippen molar-refractivity contribution in [3.8, 4) is 56.4 Å². The predicted octanol–water partition coefficient (Wildman–Crippen LogP) is 13.3. The highest BCUT2D eigenvalue weighted by Crippen LogP contribution is 2.58. The zero-order chi connectivity index (χ0) is 41.4. The Balaban J connectivity index is 1.15. The van der Waals surface area contributed by atoms with Gasteiger partial charge in [0.05, 0.1) is 12.3 Å². The number of nitrogens with zero attached hydrogens (tertiary/aromatic N) is 3. The molecular weight excluding hydrogens is 699 g/mol. The van der Waals surface area contributed by atoms with Crippen LogP contribution in [0.2, 0.25) is 0 Å². The Bertz CT molecular complexity index is 3300. The van der Waals surface area contributed by atoms with Crippen molar-refractivity contribution < 1.29 is 6.85 Å². The van der Waals surface area contributed by atoms with Gasteiger partial charge in [-0.25, -0.2) is 15.0 Å². The van der Waals surface area contributed by atoms with Crippen LogP contribution in [0.1, 0.15) is 29.1 Å². The third kappa shape index (κ3) is 5.00. The van der Waals surface area contributed by atoms with E-state index in [1.807, 2.05) is 42.5 Å². The summed E-state index contributed by atoms with van der Waals surface area (Å²) in [6, 6.07) is 56.5. The van der Waals surface area contributed by atoms with Gasteiger partial charge in [-0.3, -0.25) is 0 Å². The maximum absolute atomic E-state index is 8.94. The Kier molecular flexibility index (Phi) is 6.44. The van der Waals surface area contributed by atoms with Crippen molar-refractivity contribution in [2.24, 2.45) is 0 Å². The highest BCUT2D eigenvalue weighted by atomic mass is 32.1. The normalized spacial score (nSPS) is 14.0. The van der Waals surface area contributed by atoms with Crippen LogP contribution in [-0.4, -0.2) is 15.0 Å².